The number of thiophene rings is 1. The summed E-state index contributed by atoms with van der Waals surface area (Å²) in [6, 6.07) is 19.2. The molecule has 90 valence electrons. The van der Waals surface area contributed by atoms with Crippen LogP contribution in [-0.2, 0) is 6.54 Å². The van der Waals surface area contributed by atoms with Crippen LogP contribution < -0.4 is 5.32 Å². The van der Waals surface area contributed by atoms with Crippen LogP contribution in [0.5, 0.6) is 0 Å². The molecule has 3 rings (SSSR count). The molecule has 0 spiro atoms. The molecular weight excluding hydrogens is 238 g/mol. The first-order valence-electron chi connectivity index (χ1n) is 6.10. The van der Waals surface area contributed by atoms with E-state index >= 15 is 0 Å². The third-order valence-electron chi connectivity index (χ3n) is 3.04. The lowest BCUT2D eigenvalue weighted by atomic mass is 10.1. The number of anilines is 1. The minimum Gasteiger partial charge on any atom is -0.380 e. The number of hydrogen-bond acceptors (Lipinski definition) is 2. The van der Waals surface area contributed by atoms with Gasteiger partial charge in [-0.1, -0.05) is 36.4 Å². The molecule has 0 atom stereocenters. The summed E-state index contributed by atoms with van der Waals surface area (Å²) < 4.78 is 0. The highest BCUT2D eigenvalue weighted by atomic mass is 32.1. The van der Waals surface area contributed by atoms with Gasteiger partial charge < -0.3 is 5.32 Å². The predicted octanol–water partition coefficient (Wildman–Crippen LogP) is 4.82. The van der Waals surface area contributed by atoms with Crippen molar-refractivity contribution < 1.29 is 0 Å². The molecule has 2 aromatic carbocycles. The zero-order valence-electron chi connectivity index (χ0n) is 10.3. The molecule has 2 heteroatoms. The fourth-order valence-electron chi connectivity index (χ4n) is 2.14. The molecule has 1 nitrogen and oxygen atoms in total. The Hall–Kier alpha value is -1.80. The lowest BCUT2D eigenvalue weighted by Crippen LogP contribution is -1.97. The van der Waals surface area contributed by atoms with Crippen molar-refractivity contribution in [3.63, 3.8) is 0 Å². The van der Waals surface area contributed by atoms with Crippen LogP contribution in [0.4, 0.5) is 5.69 Å². The maximum absolute atomic E-state index is 3.53. The second-order valence-corrected chi connectivity index (χ2v) is 5.77. The molecule has 0 fully saturated rings. The normalized spacial score (nSPS) is 10.7. The summed E-state index contributed by atoms with van der Waals surface area (Å²) in [5.41, 5.74) is 1.21. The molecule has 18 heavy (non-hydrogen) atoms. The number of aryl methyl sites for hydroxylation is 1. The summed E-state index contributed by atoms with van der Waals surface area (Å²) in [5.74, 6) is 0. The molecule has 1 N–H and O–H groups in total. The van der Waals surface area contributed by atoms with Crippen LogP contribution in [-0.4, -0.2) is 0 Å². The quantitative estimate of drug-likeness (QED) is 0.705. The smallest absolute Gasteiger partial charge is 0.0494 e. The van der Waals surface area contributed by atoms with Gasteiger partial charge in [0, 0.05) is 27.4 Å². The number of fused-ring (bicyclic) bond motifs is 1. The van der Waals surface area contributed by atoms with Gasteiger partial charge in [-0.2, -0.15) is 0 Å². The van der Waals surface area contributed by atoms with Gasteiger partial charge in [0.2, 0.25) is 0 Å². The van der Waals surface area contributed by atoms with Crippen LogP contribution in [0.1, 0.15) is 9.75 Å². The van der Waals surface area contributed by atoms with E-state index in [9.17, 15) is 0 Å². The second kappa shape index (κ2) is 4.83. The van der Waals surface area contributed by atoms with Crippen molar-refractivity contribution in [2.24, 2.45) is 0 Å². The molecule has 0 saturated carbocycles. The van der Waals surface area contributed by atoms with E-state index in [1.165, 1.54) is 26.2 Å². The largest absolute Gasteiger partial charge is 0.380 e. The van der Waals surface area contributed by atoms with Crippen molar-refractivity contribution in [1.29, 1.82) is 0 Å². The molecular formula is C16H15NS. The lowest BCUT2D eigenvalue weighted by molar-refractivity contribution is 1.20. The number of benzene rings is 2. The summed E-state index contributed by atoms with van der Waals surface area (Å²) >= 11 is 1.85. The van der Waals surface area contributed by atoms with Crippen LogP contribution >= 0.6 is 11.3 Å². The maximum Gasteiger partial charge on any atom is 0.0494 e. The van der Waals surface area contributed by atoms with Crippen molar-refractivity contribution in [3.8, 4) is 0 Å². The predicted molar refractivity (Wildman–Crippen MR) is 80.3 cm³/mol. The molecule has 0 unspecified atom stereocenters. The summed E-state index contributed by atoms with van der Waals surface area (Å²) in [4.78, 5) is 2.74. The highest BCUT2D eigenvalue weighted by Crippen LogP contribution is 2.24. The molecule has 0 bridgehead atoms. The van der Waals surface area contributed by atoms with Gasteiger partial charge >= 0.3 is 0 Å². The lowest BCUT2D eigenvalue weighted by Gasteiger charge is -2.08. The van der Waals surface area contributed by atoms with Gasteiger partial charge in [0.25, 0.3) is 0 Å². The topological polar surface area (TPSA) is 12.0 Å². The van der Waals surface area contributed by atoms with Gasteiger partial charge in [0.05, 0.1) is 0 Å². The number of hydrogen-bond donors (Lipinski definition) is 1. The van der Waals surface area contributed by atoms with E-state index in [-0.39, 0.29) is 0 Å². The third kappa shape index (κ3) is 2.24. The molecule has 1 heterocycles. The Bertz CT molecular complexity index is 664. The van der Waals surface area contributed by atoms with Crippen molar-refractivity contribution in [3.05, 3.63) is 64.4 Å². The van der Waals surface area contributed by atoms with Crippen LogP contribution in [0.3, 0.4) is 0 Å². The highest BCUT2D eigenvalue weighted by Gasteiger charge is 2.01. The Kier molecular flexibility index (Phi) is 3.03. The van der Waals surface area contributed by atoms with Gasteiger partial charge in [-0.3, -0.25) is 0 Å². The SMILES string of the molecule is Cc1ccc(CNc2cccc3ccccc23)s1. The highest BCUT2D eigenvalue weighted by molar-refractivity contribution is 7.11. The third-order valence-corrected chi connectivity index (χ3v) is 4.04. The van der Waals surface area contributed by atoms with Gasteiger partial charge in [-0.25, -0.2) is 0 Å². The average Bonchev–Trinajstić information content (AvgIpc) is 2.82. The van der Waals surface area contributed by atoms with E-state index in [0.29, 0.717) is 0 Å². The van der Waals surface area contributed by atoms with Crippen LogP contribution in [0.25, 0.3) is 10.8 Å². The van der Waals surface area contributed by atoms with Crippen LogP contribution in [0.15, 0.2) is 54.6 Å². The molecule has 3 aromatic rings. The van der Waals surface area contributed by atoms with Crippen molar-refractivity contribution in [2.45, 2.75) is 13.5 Å². The summed E-state index contributed by atoms with van der Waals surface area (Å²) in [5, 5.41) is 6.10. The van der Waals surface area contributed by atoms with Gasteiger partial charge in [0.15, 0.2) is 0 Å². The fraction of sp³-hybridized carbons (Fsp3) is 0.125. The molecule has 0 saturated heterocycles. The Morgan fingerprint density at radius 3 is 2.61 bits per heavy atom. The van der Waals surface area contributed by atoms with E-state index < -0.39 is 0 Å². The summed E-state index contributed by atoms with van der Waals surface area (Å²) in [6.45, 7) is 3.04. The van der Waals surface area contributed by atoms with Crippen molar-refractivity contribution in [2.75, 3.05) is 5.32 Å². The van der Waals surface area contributed by atoms with E-state index in [1.54, 1.807) is 0 Å². The average molecular weight is 253 g/mol. The Morgan fingerprint density at radius 2 is 1.78 bits per heavy atom. The molecule has 0 amide bonds. The molecule has 0 aliphatic rings. The second-order valence-electron chi connectivity index (χ2n) is 4.39. The maximum atomic E-state index is 3.53. The Labute approximate surface area is 111 Å². The van der Waals surface area contributed by atoms with E-state index in [2.05, 4.69) is 66.8 Å². The molecule has 1 aromatic heterocycles. The van der Waals surface area contributed by atoms with E-state index in [4.69, 9.17) is 0 Å². The van der Waals surface area contributed by atoms with Gasteiger partial charge in [-0.05, 0) is 30.5 Å². The first kappa shape index (κ1) is 11.3. The molecule has 0 aliphatic heterocycles. The number of nitrogens with one attached hydrogen (secondary N) is 1. The monoisotopic (exact) mass is 253 g/mol. The van der Waals surface area contributed by atoms with Crippen molar-refractivity contribution in [1.82, 2.24) is 0 Å². The Morgan fingerprint density at radius 1 is 0.944 bits per heavy atom. The summed E-state index contributed by atoms with van der Waals surface area (Å²) in [7, 11) is 0. The molecule has 0 radical (unpaired) electrons. The summed E-state index contributed by atoms with van der Waals surface area (Å²) in [6.07, 6.45) is 0. The number of rotatable bonds is 3. The minimum atomic E-state index is 0.895. The van der Waals surface area contributed by atoms with E-state index in [0.717, 1.165) is 6.54 Å². The van der Waals surface area contributed by atoms with Crippen molar-refractivity contribution >= 4 is 27.8 Å². The van der Waals surface area contributed by atoms with E-state index in [1.807, 2.05) is 11.3 Å². The minimum absolute atomic E-state index is 0.895. The first-order chi connectivity index (χ1) is 8.83. The first-order valence-corrected chi connectivity index (χ1v) is 6.91. The standard InChI is InChI=1S/C16H15NS/c1-12-9-10-14(18-12)11-17-16-8-4-6-13-5-2-3-7-15(13)16/h2-10,17H,11H2,1H3. The van der Waals surface area contributed by atoms with Crippen LogP contribution in [0, 0.1) is 6.92 Å². The van der Waals surface area contributed by atoms with Crippen LogP contribution in [0.2, 0.25) is 0 Å². The van der Waals surface area contributed by atoms with Gasteiger partial charge in [0.1, 0.15) is 0 Å². The zero-order chi connectivity index (χ0) is 12.4. The van der Waals surface area contributed by atoms with Gasteiger partial charge in [-0.15, -0.1) is 11.3 Å². The fourth-order valence-corrected chi connectivity index (χ4v) is 2.97. The zero-order valence-corrected chi connectivity index (χ0v) is 11.1. The Balaban J connectivity index is 1.86. The molecule has 0 aliphatic carbocycles.